The summed E-state index contributed by atoms with van der Waals surface area (Å²) in [5.74, 6) is 0. The Morgan fingerprint density at radius 3 is 1.58 bits per heavy atom. The largest absolute Gasteiger partial charge is 0.386 e. The molecule has 0 spiro atoms. The van der Waals surface area contributed by atoms with Gasteiger partial charge in [0.25, 0.3) is 0 Å². The van der Waals surface area contributed by atoms with Gasteiger partial charge in [-0.05, 0) is 19.3 Å². The lowest BCUT2D eigenvalue weighted by atomic mass is 9.91. The fraction of sp³-hybridized carbons (Fsp3) is 0.950. The molecular weight excluding hydrogens is 442 g/mol. The number of rotatable bonds is 21. The number of nitrogens with zero attached hydrogens (tertiary/aromatic N) is 3. The minimum Gasteiger partial charge on any atom is -0.386 e. The van der Waals surface area contributed by atoms with Crippen LogP contribution in [0.4, 0.5) is 0 Å². The van der Waals surface area contributed by atoms with Crippen LogP contribution in [0.1, 0.15) is 84.0 Å². The van der Waals surface area contributed by atoms with E-state index in [4.69, 9.17) is 0 Å². The van der Waals surface area contributed by atoms with E-state index in [2.05, 4.69) is 6.92 Å². The molecule has 0 heterocycles. The summed E-state index contributed by atoms with van der Waals surface area (Å²) >= 11 is 0. The number of nitro groups is 3. The van der Waals surface area contributed by atoms with Crippen molar-refractivity contribution in [3.8, 4) is 0 Å². The van der Waals surface area contributed by atoms with Crippen LogP contribution in [-0.2, 0) is 4.79 Å². The number of aliphatic hydroxyl groups excluding tert-OH is 3. The molecule has 0 aromatic rings. The Hall–Kier alpha value is -2.25. The molecule has 1 radical (unpaired) electrons. The van der Waals surface area contributed by atoms with E-state index in [1.807, 2.05) is 0 Å². The molecule has 3 N–H and O–H groups in total. The van der Waals surface area contributed by atoms with Crippen LogP contribution in [0.25, 0.3) is 0 Å². The molecule has 33 heavy (non-hydrogen) atoms. The quantitative estimate of drug-likeness (QED) is 0.124. The molecule has 0 amide bonds. The minimum atomic E-state index is -1.95. The van der Waals surface area contributed by atoms with Crippen molar-refractivity contribution in [2.24, 2.45) is 0 Å². The Balaban J connectivity index is 5.09. The van der Waals surface area contributed by atoms with Crippen molar-refractivity contribution >= 4 is 6.29 Å². The molecule has 0 saturated heterocycles. The zero-order valence-corrected chi connectivity index (χ0v) is 19.0. The zero-order valence-electron chi connectivity index (χ0n) is 19.0. The fourth-order valence-electron chi connectivity index (χ4n) is 3.70. The number of carbonyl (C=O) groups excluding carboxylic acids is 1. The van der Waals surface area contributed by atoms with Gasteiger partial charge in [0.2, 0.25) is 18.1 Å². The molecule has 0 aliphatic carbocycles. The van der Waals surface area contributed by atoms with Crippen LogP contribution in [0, 0.1) is 30.3 Å². The SMILES string of the molecule is CCCCCCCCC(O)C(CC(O)C(CC(C(O)CCC[C]=O)[N+](=O)[O-])[N+](=O)[O-])[N+](=O)[O-]. The van der Waals surface area contributed by atoms with Gasteiger partial charge in [-0.1, -0.05) is 45.4 Å². The number of aliphatic hydroxyl groups is 3. The molecule has 6 atom stereocenters. The van der Waals surface area contributed by atoms with Crippen molar-refractivity contribution in [2.45, 2.75) is 120 Å². The van der Waals surface area contributed by atoms with Crippen LogP contribution in [0.2, 0.25) is 0 Å². The molecule has 0 rings (SSSR count). The van der Waals surface area contributed by atoms with Gasteiger partial charge in [-0.2, -0.15) is 0 Å². The number of unbranched alkanes of at least 4 members (excludes halogenated alkanes) is 6. The molecule has 0 fully saturated rings. The summed E-state index contributed by atoms with van der Waals surface area (Å²) in [6, 6.07) is -5.42. The van der Waals surface area contributed by atoms with Gasteiger partial charge in [0.1, 0.15) is 18.3 Å². The van der Waals surface area contributed by atoms with E-state index >= 15 is 0 Å². The first-order chi connectivity index (χ1) is 15.6. The average molecular weight is 479 g/mol. The topological polar surface area (TPSA) is 207 Å². The molecular formula is C20H36N3O10. The summed E-state index contributed by atoms with van der Waals surface area (Å²) in [6.07, 6.45) is 0.317. The predicted molar refractivity (Wildman–Crippen MR) is 117 cm³/mol. The Morgan fingerprint density at radius 1 is 0.667 bits per heavy atom. The van der Waals surface area contributed by atoms with Gasteiger partial charge in [-0.25, -0.2) is 0 Å². The van der Waals surface area contributed by atoms with Gasteiger partial charge in [-0.15, -0.1) is 0 Å². The van der Waals surface area contributed by atoms with Crippen molar-refractivity contribution in [3.05, 3.63) is 30.3 Å². The molecule has 0 aromatic heterocycles. The van der Waals surface area contributed by atoms with E-state index in [1.54, 1.807) is 6.29 Å². The Labute approximate surface area is 192 Å². The molecule has 0 aromatic carbocycles. The van der Waals surface area contributed by atoms with Crippen molar-refractivity contribution in [1.29, 1.82) is 0 Å². The first-order valence-corrected chi connectivity index (χ1v) is 11.4. The lowest BCUT2D eigenvalue weighted by molar-refractivity contribution is -0.578. The van der Waals surface area contributed by atoms with Gasteiger partial charge in [0, 0.05) is 21.2 Å². The second-order valence-electron chi connectivity index (χ2n) is 8.32. The number of hydrogen-bond donors (Lipinski definition) is 3. The normalized spacial score (nSPS) is 16.8. The lowest BCUT2D eigenvalue weighted by Crippen LogP contribution is -2.46. The van der Waals surface area contributed by atoms with E-state index in [-0.39, 0.29) is 25.7 Å². The highest BCUT2D eigenvalue weighted by Gasteiger charge is 2.44. The first kappa shape index (κ1) is 30.8. The van der Waals surface area contributed by atoms with Crippen LogP contribution in [0.15, 0.2) is 0 Å². The molecule has 0 aliphatic rings. The van der Waals surface area contributed by atoms with Gasteiger partial charge in [0.05, 0.1) is 12.8 Å². The van der Waals surface area contributed by atoms with Crippen molar-refractivity contribution in [1.82, 2.24) is 0 Å². The average Bonchev–Trinajstić information content (AvgIpc) is 2.73. The maximum absolute atomic E-state index is 11.5. The summed E-state index contributed by atoms with van der Waals surface area (Å²) in [6.45, 7) is 2.07. The summed E-state index contributed by atoms with van der Waals surface area (Å²) < 4.78 is 0. The van der Waals surface area contributed by atoms with Crippen molar-refractivity contribution in [3.63, 3.8) is 0 Å². The third kappa shape index (κ3) is 12.5. The van der Waals surface area contributed by atoms with Crippen LogP contribution in [0.5, 0.6) is 0 Å². The molecule has 0 saturated carbocycles. The van der Waals surface area contributed by atoms with Crippen LogP contribution in [-0.4, -0.2) is 72.8 Å². The van der Waals surface area contributed by atoms with Crippen molar-refractivity contribution in [2.75, 3.05) is 0 Å². The van der Waals surface area contributed by atoms with E-state index in [1.165, 1.54) is 0 Å². The summed E-state index contributed by atoms with van der Waals surface area (Å²) in [4.78, 5) is 41.8. The highest BCUT2D eigenvalue weighted by Crippen LogP contribution is 2.21. The molecule has 191 valence electrons. The van der Waals surface area contributed by atoms with Gasteiger partial charge >= 0.3 is 0 Å². The standard InChI is InChI=1S/C20H36N3O10/c1-2-3-4-5-6-7-10-19(26)17(23(32)33)14-20(27)16(22(30)31)13-15(21(28)29)18(25)11-8-9-12-24/h15-20,25-27H,2-11,13-14H2,1H3. The molecule has 0 bridgehead atoms. The smallest absolute Gasteiger partial charge is 0.245 e. The Kier molecular flexibility index (Phi) is 16.1. The highest BCUT2D eigenvalue weighted by molar-refractivity contribution is 5.50. The minimum absolute atomic E-state index is 0.0657. The Morgan fingerprint density at radius 2 is 1.09 bits per heavy atom. The molecule has 13 heteroatoms. The molecule has 13 nitrogen and oxygen atoms in total. The van der Waals surface area contributed by atoms with Gasteiger partial charge in [0.15, 0.2) is 6.29 Å². The van der Waals surface area contributed by atoms with E-state index in [9.17, 15) is 50.5 Å². The summed E-state index contributed by atoms with van der Waals surface area (Å²) in [7, 11) is 0. The molecule has 0 aliphatic heterocycles. The second-order valence-corrected chi connectivity index (χ2v) is 8.32. The third-order valence-electron chi connectivity index (χ3n) is 5.74. The maximum atomic E-state index is 11.5. The zero-order chi connectivity index (χ0) is 25.4. The second kappa shape index (κ2) is 17.3. The van der Waals surface area contributed by atoms with Crippen LogP contribution < -0.4 is 0 Å². The van der Waals surface area contributed by atoms with E-state index in [0.717, 1.165) is 32.1 Å². The van der Waals surface area contributed by atoms with Crippen LogP contribution in [0.3, 0.4) is 0 Å². The maximum Gasteiger partial charge on any atom is 0.245 e. The van der Waals surface area contributed by atoms with E-state index < -0.39 is 64.0 Å². The van der Waals surface area contributed by atoms with Gasteiger partial charge < -0.3 is 15.3 Å². The summed E-state index contributed by atoms with van der Waals surface area (Å²) in [5.41, 5.74) is 0. The highest BCUT2D eigenvalue weighted by atomic mass is 16.6. The summed E-state index contributed by atoms with van der Waals surface area (Å²) in [5, 5.41) is 64.8. The monoisotopic (exact) mass is 478 g/mol. The third-order valence-corrected chi connectivity index (χ3v) is 5.74. The fourth-order valence-corrected chi connectivity index (χ4v) is 3.70. The van der Waals surface area contributed by atoms with Crippen molar-refractivity contribution < 1.29 is 34.9 Å². The Bertz CT molecular complexity index is 607. The van der Waals surface area contributed by atoms with Gasteiger partial charge in [-0.3, -0.25) is 35.1 Å². The number of hydrogen-bond acceptors (Lipinski definition) is 10. The lowest BCUT2D eigenvalue weighted by Gasteiger charge is -2.23. The predicted octanol–water partition coefficient (Wildman–Crippen LogP) is 1.82. The molecule has 6 unspecified atom stereocenters. The van der Waals surface area contributed by atoms with E-state index in [0.29, 0.717) is 6.42 Å². The van der Waals surface area contributed by atoms with Crippen LogP contribution >= 0.6 is 0 Å². The first-order valence-electron chi connectivity index (χ1n) is 11.4.